The van der Waals surface area contributed by atoms with E-state index in [1.807, 2.05) is 41.3 Å². The van der Waals surface area contributed by atoms with Crippen LogP contribution in [0, 0.1) is 5.92 Å². The van der Waals surface area contributed by atoms with Gasteiger partial charge in [-0.3, -0.25) is 9.88 Å². The van der Waals surface area contributed by atoms with E-state index in [4.69, 9.17) is 9.26 Å². The Labute approximate surface area is 211 Å². The van der Waals surface area contributed by atoms with Gasteiger partial charge in [0.15, 0.2) is 5.76 Å². The highest BCUT2D eigenvalue weighted by Gasteiger charge is 2.32. The number of halogens is 1. The van der Waals surface area contributed by atoms with Crippen molar-refractivity contribution in [2.24, 2.45) is 5.92 Å². The third-order valence-corrected chi connectivity index (χ3v) is 7.35. The molecule has 0 aliphatic carbocycles. The number of alkyl halides is 1. The smallest absolute Gasteiger partial charge is 0.167 e. The molecular formula is C30H32FN3O2. The van der Waals surface area contributed by atoms with Crippen LogP contribution in [0.4, 0.5) is 4.39 Å². The number of pyridine rings is 1. The number of likely N-dealkylation sites (tertiary alicyclic amines) is 1. The second-order valence-corrected chi connectivity index (χ2v) is 10.0. The summed E-state index contributed by atoms with van der Waals surface area (Å²) in [6.45, 7) is 8.80. The summed E-state index contributed by atoms with van der Waals surface area (Å²) in [6, 6.07) is 24.7. The molecule has 1 atom stereocenters. The minimum Gasteiger partial charge on any atom is -0.487 e. The topological polar surface area (TPSA) is 51.4 Å². The minimum absolute atomic E-state index is 0.176. The molecule has 0 saturated carbocycles. The summed E-state index contributed by atoms with van der Waals surface area (Å²) < 4.78 is 24.6. The zero-order chi connectivity index (χ0) is 25.1. The SMILES string of the molecule is CC(C)C(C)(c1ccc(OCc2ccccn2)cc1)c1ccc(-c2cc(CN3CC(F)C3)no2)cc1. The van der Waals surface area contributed by atoms with Crippen LogP contribution in [-0.4, -0.2) is 34.3 Å². The molecule has 36 heavy (non-hydrogen) atoms. The van der Waals surface area contributed by atoms with Crippen LogP contribution in [0.5, 0.6) is 5.75 Å². The van der Waals surface area contributed by atoms with Gasteiger partial charge in [0.25, 0.3) is 0 Å². The van der Waals surface area contributed by atoms with E-state index < -0.39 is 6.17 Å². The quantitative estimate of drug-likeness (QED) is 0.273. The number of aromatic nitrogens is 2. The fraction of sp³-hybridized carbons (Fsp3) is 0.333. The summed E-state index contributed by atoms with van der Waals surface area (Å²) in [5.41, 5.74) is 5.01. The third-order valence-electron chi connectivity index (χ3n) is 7.35. The lowest BCUT2D eigenvalue weighted by atomic mass is 9.68. The maximum atomic E-state index is 13.1. The predicted octanol–water partition coefficient (Wildman–Crippen LogP) is 6.43. The van der Waals surface area contributed by atoms with Gasteiger partial charge in [-0.05, 0) is 41.3 Å². The van der Waals surface area contributed by atoms with Crippen LogP contribution >= 0.6 is 0 Å². The van der Waals surface area contributed by atoms with Crippen molar-refractivity contribution < 1.29 is 13.7 Å². The van der Waals surface area contributed by atoms with E-state index in [0.29, 0.717) is 32.2 Å². The number of rotatable bonds is 9. The number of benzene rings is 2. The number of hydrogen-bond acceptors (Lipinski definition) is 5. The maximum absolute atomic E-state index is 13.1. The number of ether oxygens (including phenoxy) is 1. The van der Waals surface area contributed by atoms with E-state index in [-0.39, 0.29) is 5.41 Å². The second-order valence-electron chi connectivity index (χ2n) is 10.0. The Bertz CT molecular complexity index is 1270. The first-order valence-corrected chi connectivity index (χ1v) is 12.5. The molecule has 1 aliphatic heterocycles. The highest BCUT2D eigenvalue weighted by Crippen LogP contribution is 2.40. The molecule has 2 aromatic carbocycles. The Kier molecular flexibility index (Phi) is 6.88. The molecular weight excluding hydrogens is 453 g/mol. The van der Waals surface area contributed by atoms with Crippen molar-refractivity contribution in [1.29, 1.82) is 0 Å². The molecule has 0 amide bonds. The lowest BCUT2D eigenvalue weighted by molar-refractivity contribution is 0.0572. The largest absolute Gasteiger partial charge is 0.487 e. The summed E-state index contributed by atoms with van der Waals surface area (Å²) in [6.07, 6.45) is 1.06. The van der Waals surface area contributed by atoms with Gasteiger partial charge in [0.2, 0.25) is 0 Å². The molecule has 0 bridgehead atoms. The molecule has 4 aromatic rings. The van der Waals surface area contributed by atoms with Gasteiger partial charge in [0.1, 0.15) is 18.5 Å². The van der Waals surface area contributed by atoms with Gasteiger partial charge in [-0.1, -0.05) is 68.4 Å². The molecule has 1 saturated heterocycles. The zero-order valence-electron chi connectivity index (χ0n) is 21.0. The standard InChI is InChI=1S/C30H32FN3O2/c1-21(2)30(3,24-11-13-28(14-12-24)35-20-26-6-4-5-15-32-26)23-9-7-22(8-10-23)29-16-27(33-36-29)19-34-17-25(31)18-34/h4-16,21,25H,17-20H2,1-3H3. The summed E-state index contributed by atoms with van der Waals surface area (Å²) in [5.74, 6) is 1.93. The fourth-order valence-corrected chi connectivity index (χ4v) is 4.74. The molecule has 186 valence electrons. The highest BCUT2D eigenvalue weighted by atomic mass is 19.1. The first-order valence-electron chi connectivity index (χ1n) is 12.5. The molecule has 5 rings (SSSR count). The average Bonchev–Trinajstić information content (AvgIpc) is 3.36. The van der Waals surface area contributed by atoms with Crippen molar-refractivity contribution in [3.8, 4) is 17.1 Å². The summed E-state index contributed by atoms with van der Waals surface area (Å²) in [7, 11) is 0. The summed E-state index contributed by atoms with van der Waals surface area (Å²) in [4.78, 5) is 6.34. The van der Waals surface area contributed by atoms with Crippen molar-refractivity contribution >= 4 is 0 Å². The van der Waals surface area contributed by atoms with Crippen LogP contribution in [0.15, 0.2) is 83.5 Å². The molecule has 0 spiro atoms. The molecule has 1 fully saturated rings. The van der Waals surface area contributed by atoms with Crippen LogP contribution in [0.2, 0.25) is 0 Å². The Morgan fingerprint density at radius 2 is 1.69 bits per heavy atom. The number of nitrogens with zero attached hydrogens (tertiary/aromatic N) is 3. The molecule has 6 heteroatoms. The van der Waals surface area contributed by atoms with Crippen molar-refractivity contribution in [3.63, 3.8) is 0 Å². The van der Waals surface area contributed by atoms with Crippen molar-refractivity contribution in [3.05, 3.63) is 102 Å². The third kappa shape index (κ3) is 5.05. The van der Waals surface area contributed by atoms with E-state index in [2.05, 4.69) is 67.3 Å². The van der Waals surface area contributed by atoms with Gasteiger partial charge in [-0.2, -0.15) is 0 Å². The van der Waals surface area contributed by atoms with E-state index >= 15 is 0 Å². The summed E-state index contributed by atoms with van der Waals surface area (Å²) in [5, 5.41) is 4.17. The lowest BCUT2D eigenvalue weighted by Gasteiger charge is -2.35. The number of hydrogen-bond donors (Lipinski definition) is 0. The Hall–Kier alpha value is -3.51. The Morgan fingerprint density at radius 3 is 2.31 bits per heavy atom. The molecule has 0 N–H and O–H groups in total. The van der Waals surface area contributed by atoms with Gasteiger partial charge in [0.05, 0.1) is 11.4 Å². The molecule has 5 nitrogen and oxygen atoms in total. The monoisotopic (exact) mass is 485 g/mol. The van der Waals surface area contributed by atoms with Gasteiger partial charge in [-0.15, -0.1) is 0 Å². The van der Waals surface area contributed by atoms with Gasteiger partial charge < -0.3 is 9.26 Å². The molecule has 1 aliphatic rings. The lowest BCUT2D eigenvalue weighted by Crippen LogP contribution is -2.47. The zero-order valence-corrected chi connectivity index (χ0v) is 21.0. The molecule has 1 unspecified atom stereocenters. The predicted molar refractivity (Wildman–Crippen MR) is 138 cm³/mol. The van der Waals surface area contributed by atoms with Gasteiger partial charge >= 0.3 is 0 Å². The van der Waals surface area contributed by atoms with E-state index in [1.165, 1.54) is 11.1 Å². The van der Waals surface area contributed by atoms with Crippen molar-refractivity contribution in [1.82, 2.24) is 15.0 Å². The Balaban J connectivity index is 1.30. The van der Waals surface area contributed by atoms with Crippen LogP contribution in [0.1, 0.15) is 43.3 Å². The van der Waals surface area contributed by atoms with Crippen LogP contribution < -0.4 is 4.74 Å². The second kappa shape index (κ2) is 10.2. The van der Waals surface area contributed by atoms with Crippen molar-refractivity contribution in [2.75, 3.05) is 13.1 Å². The van der Waals surface area contributed by atoms with Crippen LogP contribution in [0.25, 0.3) is 11.3 Å². The molecule has 3 heterocycles. The fourth-order valence-electron chi connectivity index (χ4n) is 4.74. The first-order chi connectivity index (χ1) is 17.4. The normalized spacial score (nSPS) is 16.0. The maximum Gasteiger partial charge on any atom is 0.167 e. The summed E-state index contributed by atoms with van der Waals surface area (Å²) >= 11 is 0. The average molecular weight is 486 g/mol. The van der Waals surface area contributed by atoms with E-state index in [0.717, 1.165) is 28.5 Å². The van der Waals surface area contributed by atoms with Crippen LogP contribution in [-0.2, 0) is 18.6 Å². The highest BCUT2D eigenvalue weighted by molar-refractivity contribution is 5.59. The molecule has 0 radical (unpaired) electrons. The van der Waals surface area contributed by atoms with E-state index in [1.54, 1.807) is 6.20 Å². The van der Waals surface area contributed by atoms with E-state index in [9.17, 15) is 4.39 Å². The van der Waals surface area contributed by atoms with Gasteiger partial charge in [-0.25, -0.2) is 4.39 Å². The Morgan fingerprint density at radius 1 is 1.00 bits per heavy atom. The van der Waals surface area contributed by atoms with Crippen molar-refractivity contribution in [2.45, 2.75) is 45.5 Å². The molecule has 2 aromatic heterocycles. The minimum atomic E-state index is -0.713. The van der Waals surface area contributed by atoms with Crippen LogP contribution in [0.3, 0.4) is 0 Å². The van der Waals surface area contributed by atoms with Gasteiger partial charge in [0, 0.05) is 42.9 Å². The first kappa shape index (κ1) is 24.2.